The zero-order valence-corrected chi connectivity index (χ0v) is 13.8. The van der Waals surface area contributed by atoms with Gasteiger partial charge >= 0.3 is 0 Å². The Morgan fingerprint density at radius 3 is 2.17 bits per heavy atom. The van der Waals surface area contributed by atoms with Gasteiger partial charge in [-0.3, -0.25) is 9.59 Å². The summed E-state index contributed by atoms with van der Waals surface area (Å²) in [5, 5.41) is -0.0963. The molecule has 2 amide bonds. The van der Waals surface area contributed by atoms with Gasteiger partial charge in [0.25, 0.3) is 11.8 Å². The van der Waals surface area contributed by atoms with Crippen LogP contribution in [0, 0.1) is 0 Å². The smallest absolute Gasteiger partial charge is 0.277 e. The Bertz CT molecular complexity index is 845. The minimum atomic E-state index is -0.562. The van der Waals surface area contributed by atoms with E-state index in [1.165, 1.54) is 14.2 Å². The van der Waals surface area contributed by atoms with Gasteiger partial charge in [0.2, 0.25) is 0 Å². The van der Waals surface area contributed by atoms with Crippen molar-refractivity contribution in [1.29, 1.82) is 0 Å². The molecule has 0 saturated heterocycles. The second kappa shape index (κ2) is 6.37. The van der Waals surface area contributed by atoms with E-state index in [0.29, 0.717) is 22.7 Å². The van der Waals surface area contributed by atoms with Gasteiger partial charge in [0.15, 0.2) is 11.5 Å². The summed E-state index contributed by atoms with van der Waals surface area (Å²) in [5.74, 6) is -0.112. The van der Waals surface area contributed by atoms with Crippen LogP contribution in [0.5, 0.6) is 11.5 Å². The van der Waals surface area contributed by atoms with Crippen LogP contribution in [0.3, 0.4) is 0 Å². The first-order valence-corrected chi connectivity index (χ1v) is 7.52. The van der Waals surface area contributed by atoms with Crippen LogP contribution in [-0.4, -0.2) is 26.0 Å². The summed E-state index contributed by atoms with van der Waals surface area (Å²) in [6.45, 7) is 0. The number of methoxy groups -OCH3 is 2. The van der Waals surface area contributed by atoms with Crippen LogP contribution in [0.15, 0.2) is 53.6 Å². The molecule has 0 aliphatic carbocycles. The van der Waals surface area contributed by atoms with Crippen molar-refractivity contribution >= 4 is 34.7 Å². The highest BCUT2D eigenvalue weighted by molar-refractivity contribution is 6.60. The topological polar surface area (TPSA) is 55.8 Å². The molecular formula is C18H14ClNO4. The van der Waals surface area contributed by atoms with Gasteiger partial charge in [0, 0.05) is 6.07 Å². The molecular weight excluding hydrogens is 330 g/mol. The van der Waals surface area contributed by atoms with Crippen LogP contribution in [0.25, 0.3) is 5.57 Å². The van der Waals surface area contributed by atoms with E-state index in [2.05, 4.69) is 0 Å². The molecule has 1 aliphatic heterocycles. The first kappa shape index (κ1) is 16.1. The fourth-order valence-electron chi connectivity index (χ4n) is 2.56. The molecule has 0 spiro atoms. The summed E-state index contributed by atoms with van der Waals surface area (Å²) >= 11 is 6.15. The van der Waals surface area contributed by atoms with Gasteiger partial charge in [-0.05, 0) is 17.7 Å². The second-order valence-electron chi connectivity index (χ2n) is 5.04. The number of carbonyl (C=O) groups is 2. The number of halogens is 1. The van der Waals surface area contributed by atoms with Crippen molar-refractivity contribution in [3.63, 3.8) is 0 Å². The summed E-state index contributed by atoms with van der Waals surface area (Å²) in [5.41, 5.74) is 1.16. The van der Waals surface area contributed by atoms with Gasteiger partial charge in [-0.15, -0.1) is 0 Å². The van der Waals surface area contributed by atoms with Crippen LogP contribution >= 0.6 is 11.6 Å². The lowest BCUT2D eigenvalue weighted by Crippen LogP contribution is -2.31. The van der Waals surface area contributed by atoms with Crippen LogP contribution in [0.4, 0.5) is 5.69 Å². The molecule has 122 valence electrons. The Kier molecular flexibility index (Phi) is 4.27. The van der Waals surface area contributed by atoms with E-state index in [4.69, 9.17) is 21.1 Å². The van der Waals surface area contributed by atoms with Crippen LogP contribution in [0.1, 0.15) is 5.56 Å². The third kappa shape index (κ3) is 2.53. The summed E-state index contributed by atoms with van der Waals surface area (Å²) in [4.78, 5) is 26.3. The number of anilines is 1. The summed E-state index contributed by atoms with van der Waals surface area (Å²) in [6, 6.07) is 13.7. The average Bonchev–Trinajstić information content (AvgIpc) is 2.84. The predicted molar refractivity (Wildman–Crippen MR) is 91.3 cm³/mol. The lowest BCUT2D eigenvalue weighted by Gasteiger charge is -2.17. The number of imide groups is 1. The Hall–Kier alpha value is -2.79. The van der Waals surface area contributed by atoms with Crippen molar-refractivity contribution in [2.45, 2.75) is 0 Å². The quantitative estimate of drug-likeness (QED) is 0.800. The number of nitrogens with zero attached hydrogens (tertiary/aromatic N) is 1. The van der Waals surface area contributed by atoms with Gasteiger partial charge in [0.1, 0.15) is 5.03 Å². The minimum Gasteiger partial charge on any atom is -0.493 e. The Balaban J connectivity index is 2.04. The number of amides is 2. The number of carbonyl (C=O) groups excluding carboxylic acids is 2. The SMILES string of the molecule is COc1ccc(N2C(=O)C(Cl)=C(c3ccccc3)C2=O)cc1OC. The molecule has 6 heteroatoms. The van der Waals surface area contributed by atoms with Gasteiger partial charge in [0.05, 0.1) is 25.5 Å². The third-order valence-electron chi connectivity index (χ3n) is 3.72. The highest BCUT2D eigenvalue weighted by atomic mass is 35.5. The molecule has 0 saturated carbocycles. The fraction of sp³-hybridized carbons (Fsp3) is 0.111. The minimum absolute atomic E-state index is 0.0963. The molecule has 2 aromatic carbocycles. The van der Waals surface area contributed by atoms with Crippen molar-refractivity contribution in [3.05, 3.63) is 59.1 Å². The van der Waals surface area contributed by atoms with Crippen molar-refractivity contribution < 1.29 is 19.1 Å². The van der Waals surface area contributed by atoms with Gasteiger partial charge in [-0.1, -0.05) is 41.9 Å². The molecule has 0 radical (unpaired) electrons. The summed E-state index contributed by atoms with van der Waals surface area (Å²) in [7, 11) is 2.99. The third-order valence-corrected chi connectivity index (χ3v) is 4.07. The van der Waals surface area contributed by atoms with E-state index in [-0.39, 0.29) is 10.6 Å². The number of ether oxygens (including phenoxy) is 2. The first-order valence-electron chi connectivity index (χ1n) is 7.14. The molecule has 0 N–H and O–H groups in total. The van der Waals surface area contributed by atoms with E-state index in [0.717, 1.165) is 4.90 Å². The number of rotatable bonds is 4. The maximum absolute atomic E-state index is 12.8. The number of hydrogen-bond donors (Lipinski definition) is 0. The molecule has 1 heterocycles. The second-order valence-corrected chi connectivity index (χ2v) is 5.42. The molecule has 3 rings (SSSR count). The molecule has 1 aliphatic rings. The highest BCUT2D eigenvalue weighted by Crippen LogP contribution is 2.38. The molecule has 24 heavy (non-hydrogen) atoms. The lowest BCUT2D eigenvalue weighted by molar-refractivity contribution is -0.119. The fourth-order valence-corrected chi connectivity index (χ4v) is 2.83. The lowest BCUT2D eigenvalue weighted by atomic mass is 10.1. The molecule has 5 nitrogen and oxygen atoms in total. The van der Waals surface area contributed by atoms with Crippen LogP contribution in [0.2, 0.25) is 0 Å². The number of benzene rings is 2. The molecule has 0 bridgehead atoms. The Morgan fingerprint density at radius 1 is 0.875 bits per heavy atom. The van der Waals surface area contributed by atoms with Gasteiger partial charge in [-0.25, -0.2) is 4.90 Å². The molecule has 0 fully saturated rings. The standard InChI is InChI=1S/C18H14ClNO4/c1-23-13-9-8-12(10-14(13)24-2)20-17(21)15(16(19)18(20)22)11-6-4-3-5-7-11/h3-10H,1-2H3. The van der Waals surface area contributed by atoms with Gasteiger partial charge in [-0.2, -0.15) is 0 Å². The zero-order chi connectivity index (χ0) is 17.3. The maximum atomic E-state index is 12.8. The van der Waals surface area contributed by atoms with Crippen molar-refractivity contribution in [3.8, 4) is 11.5 Å². The molecule has 0 aromatic heterocycles. The van der Waals surface area contributed by atoms with Gasteiger partial charge < -0.3 is 9.47 Å². The van der Waals surface area contributed by atoms with Crippen molar-refractivity contribution in [1.82, 2.24) is 0 Å². The number of hydrogen-bond acceptors (Lipinski definition) is 4. The molecule has 2 aromatic rings. The molecule has 0 atom stereocenters. The first-order chi connectivity index (χ1) is 11.6. The van der Waals surface area contributed by atoms with Crippen LogP contribution < -0.4 is 14.4 Å². The van der Waals surface area contributed by atoms with Crippen molar-refractivity contribution in [2.24, 2.45) is 0 Å². The maximum Gasteiger partial charge on any atom is 0.277 e. The van der Waals surface area contributed by atoms with Crippen molar-refractivity contribution in [2.75, 3.05) is 19.1 Å². The Labute approximate surface area is 144 Å². The van der Waals surface area contributed by atoms with Crippen LogP contribution in [-0.2, 0) is 9.59 Å². The van der Waals surface area contributed by atoms with E-state index >= 15 is 0 Å². The van der Waals surface area contributed by atoms with E-state index < -0.39 is 11.8 Å². The van der Waals surface area contributed by atoms with E-state index in [9.17, 15) is 9.59 Å². The van der Waals surface area contributed by atoms with E-state index in [1.807, 2.05) is 6.07 Å². The zero-order valence-electron chi connectivity index (χ0n) is 13.1. The average molecular weight is 344 g/mol. The predicted octanol–water partition coefficient (Wildman–Crippen LogP) is 3.23. The summed E-state index contributed by atoms with van der Waals surface area (Å²) in [6.07, 6.45) is 0. The molecule has 0 unspecified atom stereocenters. The monoisotopic (exact) mass is 343 g/mol. The Morgan fingerprint density at radius 2 is 1.54 bits per heavy atom. The highest BCUT2D eigenvalue weighted by Gasteiger charge is 2.39. The normalized spacial score (nSPS) is 14.4. The van der Waals surface area contributed by atoms with E-state index in [1.54, 1.807) is 42.5 Å². The largest absolute Gasteiger partial charge is 0.493 e. The summed E-state index contributed by atoms with van der Waals surface area (Å²) < 4.78 is 10.4.